The van der Waals surface area contributed by atoms with Crippen LogP contribution in [0.25, 0.3) is 11.0 Å². The lowest BCUT2D eigenvalue weighted by molar-refractivity contribution is 0.102. The molecule has 2 aromatic carbocycles. The maximum Gasteiger partial charge on any atom is 0.257 e. The number of hydrogen-bond acceptors (Lipinski definition) is 4. The molecule has 1 radical (unpaired) electrons. The normalized spacial score (nSPS) is 10.4. The second-order valence-electron chi connectivity index (χ2n) is 3.68. The van der Waals surface area contributed by atoms with Gasteiger partial charge in [-0.2, -0.15) is 8.75 Å². The number of carbonyl (C=O) groups is 1. The Morgan fingerprint density at radius 3 is 2.83 bits per heavy atom. The molecule has 5 heteroatoms. The molecule has 0 aliphatic heterocycles. The molecular weight excluding hydrogens is 246 g/mol. The molecule has 0 spiro atoms. The highest BCUT2D eigenvalue weighted by molar-refractivity contribution is 7.00. The summed E-state index contributed by atoms with van der Waals surface area (Å²) in [5.74, 6) is -0.181. The quantitative estimate of drug-likeness (QED) is 0.765. The van der Waals surface area contributed by atoms with Crippen LogP contribution in [-0.2, 0) is 0 Å². The van der Waals surface area contributed by atoms with E-state index in [0.29, 0.717) is 11.1 Å². The number of carbonyl (C=O) groups excluding carboxylic acids is 1. The summed E-state index contributed by atoms with van der Waals surface area (Å²) in [5.41, 5.74) is 2.66. The lowest BCUT2D eigenvalue weighted by Gasteiger charge is -2.04. The predicted octanol–water partition coefficient (Wildman–Crippen LogP) is 2.74. The lowest BCUT2D eigenvalue weighted by Crippen LogP contribution is -2.12. The van der Waals surface area contributed by atoms with Crippen LogP contribution in [0, 0.1) is 6.07 Å². The maximum absolute atomic E-state index is 12.1. The van der Waals surface area contributed by atoms with E-state index in [2.05, 4.69) is 20.1 Å². The zero-order valence-corrected chi connectivity index (χ0v) is 10.1. The van der Waals surface area contributed by atoms with Gasteiger partial charge in [-0.25, -0.2) is 0 Å². The number of nitrogens with one attached hydrogen (secondary N) is 1. The summed E-state index contributed by atoms with van der Waals surface area (Å²) in [6.07, 6.45) is 0. The van der Waals surface area contributed by atoms with Crippen molar-refractivity contribution in [2.75, 3.05) is 5.32 Å². The van der Waals surface area contributed by atoms with Crippen molar-refractivity contribution in [2.45, 2.75) is 0 Å². The first-order valence-electron chi connectivity index (χ1n) is 5.33. The van der Waals surface area contributed by atoms with Crippen LogP contribution in [-0.4, -0.2) is 14.7 Å². The molecular formula is C13H8N3OS. The van der Waals surface area contributed by atoms with Crippen LogP contribution in [0.2, 0.25) is 0 Å². The van der Waals surface area contributed by atoms with Crippen LogP contribution in [0.5, 0.6) is 0 Å². The van der Waals surface area contributed by atoms with Crippen molar-refractivity contribution < 1.29 is 4.79 Å². The van der Waals surface area contributed by atoms with E-state index in [9.17, 15) is 4.79 Å². The van der Waals surface area contributed by atoms with Crippen LogP contribution in [0.3, 0.4) is 0 Å². The van der Waals surface area contributed by atoms with Crippen molar-refractivity contribution in [1.29, 1.82) is 0 Å². The summed E-state index contributed by atoms with van der Waals surface area (Å²) in [7, 11) is 0. The largest absolute Gasteiger partial charge is 0.322 e. The van der Waals surface area contributed by atoms with Gasteiger partial charge in [-0.3, -0.25) is 4.79 Å². The van der Waals surface area contributed by atoms with Gasteiger partial charge in [0.25, 0.3) is 5.91 Å². The first kappa shape index (κ1) is 10.9. The predicted molar refractivity (Wildman–Crippen MR) is 70.6 cm³/mol. The molecule has 87 valence electrons. The minimum Gasteiger partial charge on any atom is -0.322 e. The van der Waals surface area contributed by atoms with E-state index in [1.807, 2.05) is 6.07 Å². The van der Waals surface area contributed by atoms with E-state index in [-0.39, 0.29) is 5.91 Å². The van der Waals surface area contributed by atoms with Gasteiger partial charge >= 0.3 is 0 Å². The van der Waals surface area contributed by atoms with E-state index >= 15 is 0 Å². The molecule has 0 saturated heterocycles. The summed E-state index contributed by atoms with van der Waals surface area (Å²) < 4.78 is 8.26. The molecule has 0 unspecified atom stereocenters. The SMILES string of the molecule is O=C(Nc1cc[c]cc1)c1cccc2nsnc12. The second-order valence-corrected chi connectivity index (χ2v) is 4.21. The standard InChI is InChI=1S/C13H8N3OS/c17-13(14-9-5-2-1-3-6-9)10-7-4-8-11-12(10)16-18-15-11/h2-8H,(H,14,17). The average Bonchev–Trinajstić information content (AvgIpc) is 2.87. The van der Waals surface area contributed by atoms with Gasteiger partial charge in [-0.15, -0.1) is 0 Å². The van der Waals surface area contributed by atoms with Gasteiger partial charge in [0, 0.05) is 5.69 Å². The third kappa shape index (κ3) is 1.96. The summed E-state index contributed by atoms with van der Waals surface area (Å²) >= 11 is 1.11. The Kier molecular flexibility index (Phi) is 2.74. The van der Waals surface area contributed by atoms with Crippen molar-refractivity contribution in [3.8, 4) is 0 Å². The Bertz CT molecular complexity index is 694. The van der Waals surface area contributed by atoms with Crippen molar-refractivity contribution >= 4 is 34.4 Å². The molecule has 0 saturated carbocycles. The summed E-state index contributed by atoms with van der Waals surface area (Å²) in [6, 6.07) is 15.4. The number of benzene rings is 2. The monoisotopic (exact) mass is 254 g/mol. The van der Waals surface area contributed by atoms with Crippen LogP contribution in [0.15, 0.2) is 42.5 Å². The highest BCUT2D eigenvalue weighted by atomic mass is 32.1. The molecule has 4 nitrogen and oxygen atoms in total. The van der Waals surface area contributed by atoms with Crippen molar-refractivity contribution in [3.05, 3.63) is 54.1 Å². The highest BCUT2D eigenvalue weighted by Gasteiger charge is 2.12. The number of aromatic nitrogens is 2. The van der Waals surface area contributed by atoms with Gasteiger partial charge < -0.3 is 5.32 Å². The Morgan fingerprint density at radius 2 is 2.00 bits per heavy atom. The van der Waals surface area contributed by atoms with Gasteiger partial charge in [0.15, 0.2) is 0 Å². The number of amides is 1. The molecule has 1 N–H and O–H groups in total. The number of fused-ring (bicyclic) bond motifs is 1. The lowest BCUT2D eigenvalue weighted by atomic mass is 10.1. The molecule has 0 fully saturated rings. The number of anilines is 1. The van der Waals surface area contributed by atoms with Crippen LogP contribution in [0.1, 0.15) is 10.4 Å². The summed E-state index contributed by atoms with van der Waals surface area (Å²) in [6.45, 7) is 0. The number of rotatable bonds is 2. The van der Waals surface area contributed by atoms with E-state index in [1.165, 1.54) is 0 Å². The zero-order chi connectivity index (χ0) is 12.4. The van der Waals surface area contributed by atoms with Gasteiger partial charge in [-0.1, -0.05) is 18.2 Å². The van der Waals surface area contributed by atoms with Gasteiger partial charge in [0.05, 0.1) is 17.3 Å². The molecule has 0 atom stereocenters. The van der Waals surface area contributed by atoms with Crippen LogP contribution in [0.4, 0.5) is 5.69 Å². The first-order valence-corrected chi connectivity index (χ1v) is 6.06. The van der Waals surface area contributed by atoms with Gasteiger partial charge in [0.1, 0.15) is 11.0 Å². The minimum absolute atomic E-state index is 0.181. The van der Waals surface area contributed by atoms with E-state index in [0.717, 1.165) is 22.9 Å². The highest BCUT2D eigenvalue weighted by Crippen LogP contribution is 2.17. The number of hydrogen-bond donors (Lipinski definition) is 1. The van der Waals surface area contributed by atoms with E-state index in [4.69, 9.17) is 0 Å². The third-order valence-electron chi connectivity index (χ3n) is 2.51. The van der Waals surface area contributed by atoms with E-state index in [1.54, 1.807) is 36.4 Å². The van der Waals surface area contributed by atoms with Crippen LogP contribution < -0.4 is 5.32 Å². The Balaban J connectivity index is 1.95. The molecule has 1 heterocycles. The first-order chi connectivity index (χ1) is 8.84. The maximum atomic E-state index is 12.1. The van der Waals surface area contributed by atoms with Crippen molar-refractivity contribution in [2.24, 2.45) is 0 Å². The smallest absolute Gasteiger partial charge is 0.257 e. The Labute approximate surface area is 108 Å². The summed E-state index contributed by atoms with van der Waals surface area (Å²) in [4.78, 5) is 12.1. The molecule has 0 aliphatic carbocycles. The molecule has 18 heavy (non-hydrogen) atoms. The zero-order valence-electron chi connectivity index (χ0n) is 9.25. The van der Waals surface area contributed by atoms with Gasteiger partial charge in [-0.05, 0) is 30.3 Å². The molecule has 1 aromatic heterocycles. The average molecular weight is 254 g/mol. The minimum atomic E-state index is -0.181. The Morgan fingerprint density at radius 1 is 1.17 bits per heavy atom. The van der Waals surface area contributed by atoms with Gasteiger partial charge in [0.2, 0.25) is 0 Å². The molecule has 0 aliphatic rings. The second kappa shape index (κ2) is 4.54. The molecule has 3 rings (SSSR count). The van der Waals surface area contributed by atoms with Crippen molar-refractivity contribution in [3.63, 3.8) is 0 Å². The summed E-state index contributed by atoms with van der Waals surface area (Å²) in [5, 5.41) is 2.82. The topological polar surface area (TPSA) is 54.9 Å². The molecule has 3 aromatic rings. The number of nitrogens with zero attached hydrogens (tertiary/aromatic N) is 2. The van der Waals surface area contributed by atoms with Crippen molar-refractivity contribution in [1.82, 2.24) is 8.75 Å². The molecule has 0 bridgehead atoms. The fourth-order valence-electron chi connectivity index (χ4n) is 1.66. The fourth-order valence-corrected chi connectivity index (χ4v) is 2.21. The third-order valence-corrected chi connectivity index (χ3v) is 3.05. The van der Waals surface area contributed by atoms with E-state index < -0.39 is 0 Å². The molecule has 1 amide bonds. The van der Waals surface area contributed by atoms with Crippen LogP contribution >= 0.6 is 11.7 Å². The Hall–Kier alpha value is -2.27. The fraction of sp³-hybridized carbons (Fsp3) is 0.